The Hall–Kier alpha value is -2.43. The average Bonchev–Trinajstić information content (AvgIpc) is 3.15. The van der Waals surface area contributed by atoms with Crippen molar-refractivity contribution in [3.8, 4) is 11.6 Å². The van der Waals surface area contributed by atoms with Gasteiger partial charge in [0.1, 0.15) is 5.82 Å². The summed E-state index contributed by atoms with van der Waals surface area (Å²) in [5.41, 5.74) is 2.24. The number of benzene rings is 1. The first-order valence-electron chi connectivity index (χ1n) is 7.19. The number of aromatic nitrogens is 4. The lowest BCUT2D eigenvalue weighted by molar-refractivity contribution is 0.420. The second-order valence-electron chi connectivity index (χ2n) is 5.64. The van der Waals surface area contributed by atoms with Gasteiger partial charge in [0.15, 0.2) is 0 Å². The van der Waals surface area contributed by atoms with Crippen molar-refractivity contribution >= 4 is 0 Å². The van der Waals surface area contributed by atoms with E-state index in [1.54, 1.807) is 0 Å². The van der Waals surface area contributed by atoms with Gasteiger partial charge in [0.05, 0.1) is 5.69 Å². The van der Waals surface area contributed by atoms with Gasteiger partial charge < -0.3 is 9.09 Å². The Labute approximate surface area is 122 Å². The van der Waals surface area contributed by atoms with E-state index in [9.17, 15) is 0 Å². The van der Waals surface area contributed by atoms with Gasteiger partial charge in [-0.15, -0.1) is 10.2 Å². The molecule has 0 saturated heterocycles. The van der Waals surface area contributed by atoms with Gasteiger partial charge >= 0.3 is 0 Å². The monoisotopic (exact) mass is 280 g/mol. The van der Waals surface area contributed by atoms with Gasteiger partial charge in [-0.25, -0.2) is 0 Å². The molecule has 1 aromatic carbocycles. The van der Waals surface area contributed by atoms with Crippen LogP contribution in [0.3, 0.4) is 0 Å². The fourth-order valence-electron chi connectivity index (χ4n) is 2.99. The lowest BCUT2D eigenvalue weighted by atomic mass is 9.98. The molecule has 5 nitrogen and oxygen atoms in total. The highest BCUT2D eigenvalue weighted by Crippen LogP contribution is 2.28. The third-order valence-electron chi connectivity index (χ3n) is 3.95. The Morgan fingerprint density at radius 2 is 2.10 bits per heavy atom. The molecule has 1 aliphatic heterocycles. The van der Waals surface area contributed by atoms with Crippen LogP contribution < -0.4 is 0 Å². The van der Waals surface area contributed by atoms with Gasteiger partial charge in [-0.3, -0.25) is 0 Å². The van der Waals surface area contributed by atoms with Crippen LogP contribution in [0.15, 0.2) is 40.9 Å². The van der Waals surface area contributed by atoms with Crippen molar-refractivity contribution in [2.24, 2.45) is 5.92 Å². The van der Waals surface area contributed by atoms with Crippen LogP contribution in [0, 0.1) is 12.8 Å². The highest BCUT2D eigenvalue weighted by atomic mass is 16.5. The third-order valence-corrected chi connectivity index (χ3v) is 3.95. The van der Waals surface area contributed by atoms with E-state index in [2.05, 4.69) is 50.3 Å². The maximum Gasteiger partial charge on any atom is 0.204 e. The molecule has 5 heteroatoms. The minimum atomic E-state index is 0.570. The largest absolute Gasteiger partial charge is 0.353 e. The standard InChI is InChI=1S/C16H16N4O/c1-11-7-14(21-19-11)16-18-17-15-9-13(10-20(15)16)8-12-5-3-2-4-6-12/h2-7,13H,8-10H2,1H3. The topological polar surface area (TPSA) is 56.7 Å². The van der Waals surface area contributed by atoms with Crippen molar-refractivity contribution in [1.82, 2.24) is 19.9 Å². The molecule has 0 N–H and O–H groups in total. The summed E-state index contributed by atoms with van der Waals surface area (Å²) in [6, 6.07) is 12.5. The Balaban J connectivity index is 1.56. The molecule has 0 saturated carbocycles. The fourth-order valence-corrected chi connectivity index (χ4v) is 2.99. The molecule has 0 fully saturated rings. The van der Waals surface area contributed by atoms with E-state index in [-0.39, 0.29) is 0 Å². The first-order valence-corrected chi connectivity index (χ1v) is 7.19. The summed E-state index contributed by atoms with van der Waals surface area (Å²) < 4.78 is 7.47. The van der Waals surface area contributed by atoms with Crippen LogP contribution in [0.1, 0.15) is 17.1 Å². The molecule has 4 rings (SSSR count). The highest BCUT2D eigenvalue weighted by Gasteiger charge is 2.27. The molecule has 0 aliphatic carbocycles. The van der Waals surface area contributed by atoms with E-state index < -0.39 is 0 Å². The minimum Gasteiger partial charge on any atom is -0.353 e. The molecule has 3 heterocycles. The van der Waals surface area contributed by atoms with Crippen molar-refractivity contribution in [3.63, 3.8) is 0 Å². The molecular weight excluding hydrogens is 264 g/mol. The van der Waals surface area contributed by atoms with Crippen molar-refractivity contribution in [3.05, 3.63) is 53.5 Å². The molecular formula is C16H16N4O. The van der Waals surface area contributed by atoms with Crippen LogP contribution >= 0.6 is 0 Å². The summed E-state index contributed by atoms with van der Waals surface area (Å²) in [5.74, 6) is 3.11. The quantitative estimate of drug-likeness (QED) is 0.740. The SMILES string of the molecule is Cc1cc(-c2nnc3n2CC(Cc2ccccc2)C3)on1. The normalized spacial score (nSPS) is 17.1. The van der Waals surface area contributed by atoms with Crippen LogP contribution in [0.2, 0.25) is 0 Å². The van der Waals surface area contributed by atoms with Crippen LogP contribution in [0.4, 0.5) is 0 Å². The zero-order chi connectivity index (χ0) is 14.2. The number of hydrogen-bond acceptors (Lipinski definition) is 4. The zero-order valence-electron chi connectivity index (χ0n) is 11.9. The molecule has 0 spiro atoms. The zero-order valence-corrected chi connectivity index (χ0v) is 11.9. The van der Waals surface area contributed by atoms with Crippen molar-refractivity contribution in [2.75, 3.05) is 0 Å². The van der Waals surface area contributed by atoms with Crippen LogP contribution in [-0.2, 0) is 19.4 Å². The number of fused-ring (bicyclic) bond motifs is 1. The molecule has 0 bridgehead atoms. The summed E-state index contributed by atoms with van der Waals surface area (Å²) in [6.07, 6.45) is 2.04. The number of rotatable bonds is 3. The van der Waals surface area contributed by atoms with E-state index in [4.69, 9.17) is 4.52 Å². The van der Waals surface area contributed by atoms with Crippen molar-refractivity contribution < 1.29 is 4.52 Å². The molecule has 1 atom stereocenters. The van der Waals surface area contributed by atoms with Crippen molar-refractivity contribution in [1.29, 1.82) is 0 Å². The lowest BCUT2D eigenvalue weighted by Gasteiger charge is -2.09. The van der Waals surface area contributed by atoms with Crippen LogP contribution in [0.5, 0.6) is 0 Å². The Bertz CT molecular complexity index is 760. The summed E-state index contributed by atoms with van der Waals surface area (Å²) in [5, 5.41) is 12.5. The molecule has 3 aromatic rings. The van der Waals surface area contributed by atoms with Gasteiger partial charge in [-0.1, -0.05) is 35.5 Å². The van der Waals surface area contributed by atoms with E-state index in [1.807, 2.05) is 13.0 Å². The number of hydrogen-bond donors (Lipinski definition) is 0. The van der Waals surface area contributed by atoms with Crippen molar-refractivity contribution in [2.45, 2.75) is 26.3 Å². The van der Waals surface area contributed by atoms with E-state index >= 15 is 0 Å². The predicted octanol–water partition coefficient (Wildman–Crippen LogP) is 2.66. The van der Waals surface area contributed by atoms with Crippen LogP contribution in [0.25, 0.3) is 11.6 Å². The van der Waals surface area contributed by atoms with Gasteiger partial charge in [0.25, 0.3) is 0 Å². The molecule has 106 valence electrons. The second-order valence-corrected chi connectivity index (χ2v) is 5.64. The van der Waals surface area contributed by atoms with E-state index in [0.717, 1.165) is 36.7 Å². The third kappa shape index (κ3) is 2.24. The molecule has 1 unspecified atom stereocenters. The number of nitrogens with zero attached hydrogens (tertiary/aromatic N) is 4. The maximum absolute atomic E-state index is 5.31. The Kier molecular flexibility index (Phi) is 2.84. The molecule has 0 amide bonds. The second kappa shape index (κ2) is 4.84. The minimum absolute atomic E-state index is 0.570. The van der Waals surface area contributed by atoms with E-state index in [1.165, 1.54) is 5.56 Å². The fraction of sp³-hybridized carbons (Fsp3) is 0.312. The predicted molar refractivity (Wildman–Crippen MR) is 77.6 cm³/mol. The summed E-state index contributed by atoms with van der Waals surface area (Å²) in [6.45, 7) is 2.85. The smallest absolute Gasteiger partial charge is 0.204 e. The molecule has 21 heavy (non-hydrogen) atoms. The molecule has 1 aliphatic rings. The number of aryl methyl sites for hydroxylation is 1. The first-order chi connectivity index (χ1) is 10.3. The molecule has 0 radical (unpaired) electrons. The van der Waals surface area contributed by atoms with E-state index in [0.29, 0.717) is 11.7 Å². The summed E-state index contributed by atoms with van der Waals surface area (Å²) >= 11 is 0. The van der Waals surface area contributed by atoms with Gasteiger partial charge in [0, 0.05) is 19.0 Å². The Morgan fingerprint density at radius 1 is 1.24 bits per heavy atom. The Morgan fingerprint density at radius 3 is 2.86 bits per heavy atom. The summed E-state index contributed by atoms with van der Waals surface area (Å²) in [7, 11) is 0. The molecule has 2 aromatic heterocycles. The average molecular weight is 280 g/mol. The van der Waals surface area contributed by atoms with Gasteiger partial charge in [-0.05, 0) is 24.8 Å². The first kappa shape index (κ1) is 12.3. The summed E-state index contributed by atoms with van der Waals surface area (Å²) in [4.78, 5) is 0. The van der Waals surface area contributed by atoms with Gasteiger partial charge in [0.2, 0.25) is 11.6 Å². The lowest BCUT2D eigenvalue weighted by Crippen LogP contribution is -2.07. The maximum atomic E-state index is 5.31. The van der Waals surface area contributed by atoms with Crippen LogP contribution in [-0.4, -0.2) is 19.9 Å². The van der Waals surface area contributed by atoms with Gasteiger partial charge in [-0.2, -0.15) is 0 Å². The highest BCUT2D eigenvalue weighted by molar-refractivity contribution is 5.47.